The lowest BCUT2D eigenvalue weighted by Crippen LogP contribution is -2.04. The van der Waals surface area contributed by atoms with Gasteiger partial charge in [0.25, 0.3) is 0 Å². The van der Waals surface area contributed by atoms with Gasteiger partial charge in [-0.3, -0.25) is 5.41 Å². The molecular formula is C11H17ClN2O3S. The number of hydrogen-bond donors (Lipinski definition) is 2. The molecule has 0 spiro atoms. The number of nitrogens with two attached hydrogens (primary N) is 1. The normalized spacial score (nSPS) is 9.28. The first-order chi connectivity index (χ1) is 8.12. The molecule has 0 amide bonds. The number of rotatable bonds is 5. The smallest absolute Gasteiger partial charge is 0.164 e. The summed E-state index contributed by atoms with van der Waals surface area (Å²) >= 11 is 1.23. The topological polar surface area (TPSA) is 77.6 Å². The average Bonchev–Trinajstić information content (AvgIpc) is 2.34. The van der Waals surface area contributed by atoms with Crippen molar-refractivity contribution in [2.24, 2.45) is 5.73 Å². The Bertz CT molecular complexity index is 416. The molecule has 0 aromatic heterocycles. The standard InChI is InChI=1S/C11H16N2O3S.ClH/c1-14-8-5-10(16-3)9(15-2)4-7(8)6-17-11(12)13;/h4-5H,6H2,1-3H3,(H3,12,13);1H. The third kappa shape index (κ3) is 4.19. The fraction of sp³-hybridized carbons (Fsp3) is 0.364. The molecule has 0 heterocycles. The van der Waals surface area contributed by atoms with Crippen molar-refractivity contribution in [2.45, 2.75) is 5.75 Å². The van der Waals surface area contributed by atoms with Crippen LogP contribution in [0.2, 0.25) is 0 Å². The molecule has 0 fully saturated rings. The highest BCUT2D eigenvalue weighted by molar-refractivity contribution is 8.13. The van der Waals surface area contributed by atoms with E-state index in [-0.39, 0.29) is 17.6 Å². The van der Waals surface area contributed by atoms with Crippen LogP contribution >= 0.6 is 24.2 Å². The Morgan fingerprint density at radius 3 is 2.06 bits per heavy atom. The second kappa shape index (κ2) is 7.94. The average molecular weight is 293 g/mol. The Labute approximate surface area is 117 Å². The maximum Gasteiger partial charge on any atom is 0.164 e. The summed E-state index contributed by atoms with van der Waals surface area (Å²) in [7, 11) is 4.73. The summed E-state index contributed by atoms with van der Waals surface area (Å²) < 4.78 is 15.6. The van der Waals surface area contributed by atoms with Crippen LogP contribution in [0.25, 0.3) is 0 Å². The second-order valence-corrected chi connectivity index (χ2v) is 4.19. The van der Waals surface area contributed by atoms with Crippen LogP contribution < -0.4 is 19.9 Å². The first-order valence-electron chi connectivity index (χ1n) is 4.88. The molecule has 0 aliphatic rings. The molecule has 7 heteroatoms. The van der Waals surface area contributed by atoms with Crippen LogP contribution in [0.3, 0.4) is 0 Å². The van der Waals surface area contributed by atoms with Crippen LogP contribution in [0.15, 0.2) is 12.1 Å². The van der Waals surface area contributed by atoms with E-state index in [4.69, 9.17) is 25.4 Å². The summed E-state index contributed by atoms with van der Waals surface area (Å²) in [6.45, 7) is 0. The fourth-order valence-corrected chi connectivity index (χ4v) is 1.90. The van der Waals surface area contributed by atoms with E-state index in [1.807, 2.05) is 6.07 Å². The first kappa shape index (κ1) is 16.7. The minimum Gasteiger partial charge on any atom is -0.496 e. The second-order valence-electron chi connectivity index (χ2n) is 3.17. The van der Waals surface area contributed by atoms with E-state index in [0.29, 0.717) is 23.0 Å². The van der Waals surface area contributed by atoms with Crippen LogP contribution in [0.5, 0.6) is 17.2 Å². The van der Waals surface area contributed by atoms with Gasteiger partial charge in [0.2, 0.25) is 0 Å². The molecule has 1 aromatic carbocycles. The molecule has 0 radical (unpaired) electrons. The molecule has 0 aliphatic heterocycles. The van der Waals surface area contributed by atoms with Gasteiger partial charge >= 0.3 is 0 Å². The van der Waals surface area contributed by atoms with Crippen molar-refractivity contribution >= 4 is 29.3 Å². The molecule has 0 aliphatic carbocycles. The zero-order valence-corrected chi connectivity index (χ0v) is 12.1. The highest BCUT2D eigenvalue weighted by Crippen LogP contribution is 2.36. The molecule has 0 atom stereocenters. The van der Waals surface area contributed by atoms with Crippen LogP contribution in [-0.2, 0) is 5.75 Å². The quantitative estimate of drug-likeness (QED) is 0.643. The van der Waals surface area contributed by atoms with E-state index in [0.717, 1.165) is 5.56 Å². The predicted molar refractivity (Wildman–Crippen MR) is 76.6 cm³/mol. The predicted octanol–water partition coefficient (Wildman–Crippen LogP) is 2.26. The molecule has 0 unspecified atom stereocenters. The number of benzene rings is 1. The number of methoxy groups -OCH3 is 3. The van der Waals surface area contributed by atoms with Crippen molar-refractivity contribution in [1.29, 1.82) is 5.41 Å². The SMILES string of the molecule is COc1cc(OC)c(OC)cc1CSC(=N)N.Cl. The van der Waals surface area contributed by atoms with Gasteiger partial charge in [0.15, 0.2) is 16.7 Å². The van der Waals surface area contributed by atoms with Gasteiger partial charge in [0.1, 0.15) is 5.75 Å². The van der Waals surface area contributed by atoms with Crippen LogP contribution in [0.1, 0.15) is 5.56 Å². The molecule has 102 valence electrons. The largest absolute Gasteiger partial charge is 0.496 e. The van der Waals surface area contributed by atoms with E-state index >= 15 is 0 Å². The maximum absolute atomic E-state index is 7.19. The lowest BCUT2D eigenvalue weighted by molar-refractivity contribution is 0.348. The molecule has 0 saturated heterocycles. The van der Waals surface area contributed by atoms with Gasteiger partial charge in [-0.2, -0.15) is 0 Å². The van der Waals surface area contributed by atoms with E-state index in [1.165, 1.54) is 11.8 Å². The highest BCUT2D eigenvalue weighted by atomic mass is 35.5. The van der Waals surface area contributed by atoms with Gasteiger partial charge < -0.3 is 19.9 Å². The van der Waals surface area contributed by atoms with Crippen molar-refractivity contribution in [3.05, 3.63) is 17.7 Å². The monoisotopic (exact) mass is 292 g/mol. The summed E-state index contributed by atoms with van der Waals surface area (Å²) in [5.74, 6) is 2.49. The third-order valence-corrected chi connectivity index (χ3v) is 2.94. The Morgan fingerprint density at radius 1 is 1.11 bits per heavy atom. The van der Waals surface area contributed by atoms with Gasteiger partial charge in [-0.25, -0.2) is 0 Å². The Hall–Kier alpha value is -1.27. The van der Waals surface area contributed by atoms with Gasteiger partial charge in [0, 0.05) is 17.4 Å². The minimum atomic E-state index is 0. The Balaban J connectivity index is 0.00000289. The summed E-state index contributed by atoms with van der Waals surface area (Å²) in [4.78, 5) is 0. The summed E-state index contributed by atoms with van der Waals surface area (Å²) in [6.07, 6.45) is 0. The summed E-state index contributed by atoms with van der Waals surface area (Å²) in [5, 5.41) is 7.26. The van der Waals surface area contributed by atoms with Crippen LogP contribution in [-0.4, -0.2) is 26.5 Å². The molecule has 1 rings (SSSR count). The van der Waals surface area contributed by atoms with Crippen molar-refractivity contribution in [2.75, 3.05) is 21.3 Å². The summed E-state index contributed by atoms with van der Waals surface area (Å²) in [6, 6.07) is 3.59. The lowest BCUT2D eigenvalue weighted by atomic mass is 10.2. The number of amidine groups is 1. The van der Waals surface area contributed by atoms with E-state index in [9.17, 15) is 0 Å². The number of thioether (sulfide) groups is 1. The third-order valence-electron chi connectivity index (χ3n) is 2.17. The van der Waals surface area contributed by atoms with Gasteiger partial charge in [-0.15, -0.1) is 12.4 Å². The Morgan fingerprint density at radius 2 is 1.61 bits per heavy atom. The summed E-state index contributed by atoms with van der Waals surface area (Å²) in [5.41, 5.74) is 6.22. The van der Waals surface area contributed by atoms with Gasteiger partial charge in [-0.1, -0.05) is 11.8 Å². The number of hydrogen-bond acceptors (Lipinski definition) is 5. The van der Waals surface area contributed by atoms with Gasteiger partial charge in [-0.05, 0) is 6.07 Å². The van der Waals surface area contributed by atoms with Crippen molar-refractivity contribution in [3.63, 3.8) is 0 Å². The lowest BCUT2D eigenvalue weighted by Gasteiger charge is -2.13. The number of nitrogens with one attached hydrogen (secondary N) is 1. The number of ether oxygens (including phenoxy) is 3. The molecule has 1 aromatic rings. The maximum atomic E-state index is 7.19. The molecule has 0 saturated carbocycles. The molecule has 0 bridgehead atoms. The molecular weight excluding hydrogens is 276 g/mol. The van der Waals surface area contributed by atoms with E-state index in [2.05, 4.69) is 0 Å². The molecule has 3 N–H and O–H groups in total. The van der Waals surface area contributed by atoms with E-state index in [1.54, 1.807) is 27.4 Å². The van der Waals surface area contributed by atoms with Crippen molar-refractivity contribution < 1.29 is 14.2 Å². The van der Waals surface area contributed by atoms with Crippen molar-refractivity contribution in [3.8, 4) is 17.2 Å². The number of halogens is 1. The van der Waals surface area contributed by atoms with Crippen LogP contribution in [0.4, 0.5) is 0 Å². The highest BCUT2D eigenvalue weighted by Gasteiger charge is 2.12. The minimum absolute atomic E-state index is 0. The van der Waals surface area contributed by atoms with Crippen molar-refractivity contribution in [1.82, 2.24) is 0 Å². The fourth-order valence-electron chi connectivity index (χ4n) is 1.36. The molecule has 18 heavy (non-hydrogen) atoms. The van der Waals surface area contributed by atoms with Gasteiger partial charge in [0.05, 0.1) is 21.3 Å². The van der Waals surface area contributed by atoms with Crippen LogP contribution in [0, 0.1) is 5.41 Å². The molecule has 5 nitrogen and oxygen atoms in total. The zero-order valence-electron chi connectivity index (χ0n) is 10.5. The zero-order chi connectivity index (χ0) is 12.8. The van der Waals surface area contributed by atoms with E-state index < -0.39 is 0 Å². The first-order valence-corrected chi connectivity index (χ1v) is 5.86. The Kier molecular flexibility index (Phi) is 7.38.